The maximum atomic E-state index is 9.48. The molecule has 0 aliphatic carbocycles. The van der Waals surface area contributed by atoms with Gasteiger partial charge in [0.1, 0.15) is 0 Å². The summed E-state index contributed by atoms with van der Waals surface area (Å²) in [7, 11) is 0. The summed E-state index contributed by atoms with van der Waals surface area (Å²) in [6.07, 6.45) is -0.201. The highest BCUT2D eigenvalue weighted by Crippen LogP contribution is 1.89. The first-order valence-electron chi connectivity index (χ1n) is 5.63. The van der Waals surface area contributed by atoms with Gasteiger partial charge in [-0.3, -0.25) is 0 Å². The lowest BCUT2D eigenvalue weighted by Gasteiger charge is -2.14. The van der Waals surface area contributed by atoms with Gasteiger partial charge in [-0.2, -0.15) is 0 Å². The summed E-state index contributed by atoms with van der Waals surface area (Å²) in [5.74, 6) is 0. The lowest BCUT2D eigenvalue weighted by Crippen LogP contribution is -2.34. The zero-order chi connectivity index (χ0) is 11.7. The van der Waals surface area contributed by atoms with Gasteiger partial charge in [-0.05, 0) is 13.8 Å². The lowest BCUT2D eigenvalue weighted by atomic mass is 10.3. The molecule has 0 rings (SSSR count). The first-order chi connectivity index (χ1) is 7.02. The minimum absolute atomic E-state index is 0.237. The molecule has 0 fully saturated rings. The minimum atomic E-state index is -0.438. The van der Waals surface area contributed by atoms with Crippen LogP contribution in [0.2, 0.25) is 0 Å². The van der Waals surface area contributed by atoms with Crippen LogP contribution < -0.4 is 5.32 Å². The smallest absolute Gasteiger partial charge is 0.0897 e. The van der Waals surface area contributed by atoms with Gasteiger partial charge in [-0.1, -0.05) is 13.8 Å². The zero-order valence-corrected chi connectivity index (χ0v) is 10.3. The van der Waals surface area contributed by atoms with Crippen molar-refractivity contribution in [3.05, 3.63) is 0 Å². The first-order valence-corrected chi connectivity index (χ1v) is 5.63. The minimum Gasteiger partial charge on any atom is -0.389 e. The fraction of sp³-hybridized carbons (Fsp3) is 1.00. The molecular formula is C11H25NO3. The SMILES string of the molecule is CC(C)NCC(O)COCCOC(C)C. The predicted molar refractivity (Wildman–Crippen MR) is 61.1 cm³/mol. The number of aliphatic hydroxyl groups excluding tert-OH is 1. The quantitative estimate of drug-likeness (QED) is 0.563. The van der Waals surface area contributed by atoms with Crippen LogP contribution in [0.1, 0.15) is 27.7 Å². The van der Waals surface area contributed by atoms with E-state index >= 15 is 0 Å². The normalized spacial score (nSPS) is 13.8. The van der Waals surface area contributed by atoms with Crippen molar-refractivity contribution < 1.29 is 14.6 Å². The number of ether oxygens (including phenoxy) is 2. The summed E-state index contributed by atoms with van der Waals surface area (Å²) >= 11 is 0. The molecule has 0 radical (unpaired) electrons. The summed E-state index contributed by atoms with van der Waals surface area (Å²) < 4.78 is 10.6. The van der Waals surface area contributed by atoms with Crippen LogP contribution in [-0.2, 0) is 9.47 Å². The molecule has 4 heteroatoms. The Morgan fingerprint density at radius 3 is 2.33 bits per heavy atom. The molecule has 15 heavy (non-hydrogen) atoms. The molecule has 92 valence electrons. The third-order valence-corrected chi connectivity index (χ3v) is 1.75. The Bertz CT molecular complexity index is 140. The highest BCUT2D eigenvalue weighted by Gasteiger charge is 2.04. The fourth-order valence-corrected chi connectivity index (χ4v) is 0.993. The Kier molecular flexibility index (Phi) is 9.00. The Morgan fingerprint density at radius 2 is 1.80 bits per heavy atom. The van der Waals surface area contributed by atoms with E-state index < -0.39 is 6.10 Å². The van der Waals surface area contributed by atoms with E-state index in [0.717, 1.165) is 0 Å². The zero-order valence-electron chi connectivity index (χ0n) is 10.3. The maximum Gasteiger partial charge on any atom is 0.0897 e. The van der Waals surface area contributed by atoms with Crippen molar-refractivity contribution in [2.45, 2.75) is 45.9 Å². The summed E-state index contributed by atoms with van der Waals surface area (Å²) in [5, 5.41) is 12.6. The molecule has 0 heterocycles. The van der Waals surface area contributed by atoms with Crippen molar-refractivity contribution in [3.8, 4) is 0 Å². The monoisotopic (exact) mass is 219 g/mol. The Hall–Kier alpha value is -0.160. The molecular weight excluding hydrogens is 194 g/mol. The molecule has 0 amide bonds. The molecule has 0 aromatic carbocycles. The van der Waals surface area contributed by atoms with E-state index in [0.29, 0.717) is 32.4 Å². The van der Waals surface area contributed by atoms with Gasteiger partial charge in [0, 0.05) is 12.6 Å². The van der Waals surface area contributed by atoms with E-state index in [2.05, 4.69) is 5.32 Å². The van der Waals surface area contributed by atoms with Crippen molar-refractivity contribution in [3.63, 3.8) is 0 Å². The molecule has 0 aromatic heterocycles. The fourth-order valence-electron chi connectivity index (χ4n) is 0.993. The molecule has 0 aliphatic rings. The molecule has 0 aliphatic heterocycles. The second kappa shape index (κ2) is 9.09. The molecule has 2 N–H and O–H groups in total. The molecule has 0 saturated heterocycles. The van der Waals surface area contributed by atoms with Gasteiger partial charge in [-0.25, -0.2) is 0 Å². The van der Waals surface area contributed by atoms with Crippen LogP contribution in [0.25, 0.3) is 0 Å². The van der Waals surface area contributed by atoms with E-state index in [1.165, 1.54) is 0 Å². The van der Waals surface area contributed by atoms with Crippen molar-refractivity contribution in [1.29, 1.82) is 0 Å². The van der Waals surface area contributed by atoms with Gasteiger partial charge < -0.3 is 19.9 Å². The van der Waals surface area contributed by atoms with Crippen molar-refractivity contribution in [2.75, 3.05) is 26.4 Å². The Labute approximate surface area is 93.0 Å². The predicted octanol–water partition coefficient (Wildman–Crippen LogP) is 0.787. The van der Waals surface area contributed by atoms with Crippen LogP contribution in [-0.4, -0.2) is 49.7 Å². The summed E-state index contributed by atoms with van der Waals surface area (Å²) in [6, 6.07) is 0.393. The van der Waals surface area contributed by atoms with E-state index in [-0.39, 0.29) is 6.10 Å². The van der Waals surface area contributed by atoms with Gasteiger partial charge in [0.25, 0.3) is 0 Å². The topological polar surface area (TPSA) is 50.7 Å². The summed E-state index contributed by atoms with van der Waals surface area (Å²) in [6.45, 7) is 10.1. The molecule has 4 nitrogen and oxygen atoms in total. The van der Waals surface area contributed by atoms with E-state index in [1.54, 1.807) is 0 Å². The molecule has 0 bridgehead atoms. The number of hydrogen-bond acceptors (Lipinski definition) is 4. The van der Waals surface area contributed by atoms with Crippen molar-refractivity contribution >= 4 is 0 Å². The molecule has 0 spiro atoms. The number of hydrogen-bond donors (Lipinski definition) is 2. The molecule has 0 aromatic rings. The molecule has 1 unspecified atom stereocenters. The van der Waals surface area contributed by atoms with Crippen molar-refractivity contribution in [2.24, 2.45) is 0 Å². The van der Waals surface area contributed by atoms with Crippen LogP contribution in [0.5, 0.6) is 0 Å². The van der Waals surface area contributed by atoms with E-state index in [9.17, 15) is 5.11 Å². The number of rotatable bonds is 9. The van der Waals surface area contributed by atoms with E-state index in [1.807, 2.05) is 27.7 Å². The van der Waals surface area contributed by atoms with E-state index in [4.69, 9.17) is 9.47 Å². The second-order valence-electron chi connectivity index (χ2n) is 4.21. The van der Waals surface area contributed by atoms with Crippen LogP contribution >= 0.6 is 0 Å². The van der Waals surface area contributed by atoms with Crippen LogP contribution in [0, 0.1) is 0 Å². The van der Waals surface area contributed by atoms with Gasteiger partial charge in [0.15, 0.2) is 0 Å². The van der Waals surface area contributed by atoms with Crippen LogP contribution in [0.3, 0.4) is 0 Å². The largest absolute Gasteiger partial charge is 0.389 e. The Balaban J connectivity index is 3.20. The van der Waals surface area contributed by atoms with Gasteiger partial charge in [-0.15, -0.1) is 0 Å². The average molecular weight is 219 g/mol. The maximum absolute atomic E-state index is 9.48. The third kappa shape index (κ3) is 11.8. The highest BCUT2D eigenvalue weighted by atomic mass is 16.5. The Morgan fingerprint density at radius 1 is 1.13 bits per heavy atom. The van der Waals surface area contributed by atoms with Crippen LogP contribution in [0.4, 0.5) is 0 Å². The standard InChI is InChI=1S/C11H25NO3/c1-9(2)12-7-11(13)8-14-5-6-15-10(3)4/h9-13H,5-8H2,1-4H3. The summed E-state index contributed by atoms with van der Waals surface area (Å²) in [5.41, 5.74) is 0. The average Bonchev–Trinajstić information content (AvgIpc) is 2.13. The first kappa shape index (κ1) is 14.8. The highest BCUT2D eigenvalue weighted by molar-refractivity contribution is 4.60. The van der Waals surface area contributed by atoms with Crippen LogP contribution in [0.15, 0.2) is 0 Å². The van der Waals surface area contributed by atoms with Gasteiger partial charge >= 0.3 is 0 Å². The van der Waals surface area contributed by atoms with Gasteiger partial charge in [0.05, 0.1) is 32.0 Å². The molecule has 0 saturated carbocycles. The van der Waals surface area contributed by atoms with Crippen molar-refractivity contribution in [1.82, 2.24) is 5.32 Å². The molecule has 1 atom stereocenters. The number of nitrogens with one attached hydrogen (secondary N) is 1. The third-order valence-electron chi connectivity index (χ3n) is 1.75. The van der Waals surface area contributed by atoms with Gasteiger partial charge in [0.2, 0.25) is 0 Å². The number of aliphatic hydroxyl groups is 1. The lowest BCUT2D eigenvalue weighted by molar-refractivity contribution is -0.0103. The second-order valence-corrected chi connectivity index (χ2v) is 4.21. The summed E-state index contributed by atoms with van der Waals surface area (Å²) in [4.78, 5) is 0.